The van der Waals surface area contributed by atoms with Crippen molar-refractivity contribution in [2.24, 2.45) is 17.8 Å². The Kier molecular flexibility index (Phi) is 13.7. The third kappa shape index (κ3) is 9.50. The lowest BCUT2D eigenvalue weighted by Gasteiger charge is -2.31. The van der Waals surface area contributed by atoms with E-state index in [1.54, 1.807) is 0 Å². The number of halogens is 1. The number of carbonyl (C=O) groups excluding carboxylic acids is 1. The van der Waals surface area contributed by atoms with Crippen molar-refractivity contribution >= 4 is 21.9 Å². The second-order valence-electron chi connectivity index (χ2n) is 12.3. The molecule has 4 aliphatic rings. The van der Waals surface area contributed by atoms with Crippen LogP contribution < -0.4 is 0 Å². The van der Waals surface area contributed by atoms with Crippen molar-refractivity contribution in [1.29, 1.82) is 0 Å². The summed E-state index contributed by atoms with van der Waals surface area (Å²) in [5, 5.41) is 0. The molecule has 0 aromatic carbocycles. The highest BCUT2D eigenvalue weighted by atomic mass is 79.9. The quantitative estimate of drug-likeness (QED) is 0.109. The zero-order chi connectivity index (χ0) is 28.3. The summed E-state index contributed by atoms with van der Waals surface area (Å²) < 4.78 is 36.6. The van der Waals surface area contributed by atoms with Crippen LogP contribution >= 0.6 is 15.9 Å². The molecule has 1 saturated carbocycles. The highest BCUT2D eigenvalue weighted by molar-refractivity contribution is 9.09. The second-order valence-corrected chi connectivity index (χ2v) is 13.5. The maximum absolute atomic E-state index is 11.6. The van der Waals surface area contributed by atoms with Gasteiger partial charge in [-0.1, -0.05) is 54.8 Å². The van der Waals surface area contributed by atoms with Gasteiger partial charge in [-0.2, -0.15) is 0 Å². The van der Waals surface area contributed by atoms with Crippen LogP contribution in [0.1, 0.15) is 104 Å². The van der Waals surface area contributed by atoms with Crippen molar-refractivity contribution in [2.75, 3.05) is 20.3 Å². The van der Waals surface area contributed by atoms with Crippen molar-refractivity contribution in [3.8, 4) is 0 Å². The first-order valence-corrected chi connectivity index (χ1v) is 17.0. The molecule has 7 nitrogen and oxygen atoms in total. The molecular weight excluding hydrogens is 576 g/mol. The SMILES string of the molecule is CCCC[C@H](C)[C@@H](/C=C/[C@@H]1[C@H]2CC(C(Br)CCCC(=O)OC)O[C@@H]2C[C@H]1OC1CCCCO1)OC1CCCCO1. The molecule has 40 heavy (non-hydrogen) atoms. The summed E-state index contributed by atoms with van der Waals surface area (Å²) in [7, 11) is 1.45. The second kappa shape index (κ2) is 17.0. The average Bonchev–Trinajstić information content (AvgIpc) is 3.53. The lowest BCUT2D eigenvalue weighted by molar-refractivity contribution is -0.194. The lowest BCUT2D eigenvalue weighted by atomic mass is 9.88. The minimum Gasteiger partial charge on any atom is -0.469 e. The zero-order valence-electron chi connectivity index (χ0n) is 25.0. The van der Waals surface area contributed by atoms with E-state index in [2.05, 4.69) is 41.9 Å². The molecule has 0 spiro atoms. The largest absolute Gasteiger partial charge is 0.469 e. The topological polar surface area (TPSA) is 72.5 Å². The Labute approximate surface area is 250 Å². The van der Waals surface area contributed by atoms with Gasteiger partial charge < -0.3 is 28.4 Å². The van der Waals surface area contributed by atoms with Crippen LogP contribution in [0.25, 0.3) is 0 Å². The third-order valence-corrected chi connectivity index (χ3v) is 10.3. The van der Waals surface area contributed by atoms with Gasteiger partial charge in [0.05, 0.1) is 31.5 Å². The smallest absolute Gasteiger partial charge is 0.305 e. The van der Waals surface area contributed by atoms with E-state index in [0.29, 0.717) is 18.3 Å². The van der Waals surface area contributed by atoms with E-state index in [4.69, 9.17) is 28.4 Å². The molecule has 0 radical (unpaired) electrons. The van der Waals surface area contributed by atoms with Gasteiger partial charge in [0, 0.05) is 36.8 Å². The van der Waals surface area contributed by atoms with E-state index >= 15 is 0 Å². The van der Waals surface area contributed by atoms with Gasteiger partial charge >= 0.3 is 5.97 Å². The number of fused-ring (bicyclic) bond motifs is 1. The van der Waals surface area contributed by atoms with Crippen LogP contribution in [0.15, 0.2) is 12.2 Å². The number of alkyl halides is 1. The summed E-state index contributed by atoms with van der Waals surface area (Å²) in [6.45, 7) is 6.14. The molecule has 4 rings (SSSR count). The number of esters is 1. The maximum atomic E-state index is 11.6. The van der Waals surface area contributed by atoms with Crippen LogP contribution in [0.3, 0.4) is 0 Å². The molecule has 230 valence electrons. The first-order valence-electron chi connectivity index (χ1n) is 16.1. The van der Waals surface area contributed by atoms with Crippen LogP contribution in [0, 0.1) is 17.8 Å². The van der Waals surface area contributed by atoms with Gasteiger partial charge in [-0.05, 0) is 76.0 Å². The van der Waals surface area contributed by atoms with Gasteiger partial charge in [-0.25, -0.2) is 0 Å². The summed E-state index contributed by atoms with van der Waals surface area (Å²) in [4.78, 5) is 11.8. The van der Waals surface area contributed by atoms with Crippen molar-refractivity contribution in [3.05, 3.63) is 12.2 Å². The molecule has 4 fully saturated rings. The molecule has 3 aliphatic heterocycles. The van der Waals surface area contributed by atoms with Gasteiger partial charge in [0.1, 0.15) is 0 Å². The highest BCUT2D eigenvalue weighted by Gasteiger charge is 2.51. The van der Waals surface area contributed by atoms with E-state index in [1.807, 2.05) is 0 Å². The fourth-order valence-electron chi connectivity index (χ4n) is 6.78. The summed E-state index contributed by atoms with van der Waals surface area (Å²) in [5.74, 6) is 0.928. The fraction of sp³-hybridized carbons (Fsp3) is 0.906. The summed E-state index contributed by atoms with van der Waals surface area (Å²) >= 11 is 3.88. The third-order valence-electron chi connectivity index (χ3n) is 9.22. The van der Waals surface area contributed by atoms with Gasteiger partial charge in [0.2, 0.25) is 0 Å². The Morgan fingerprint density at radius 3 is 2.45 bits per heavy atom. The van der Waals surface area contributed by atoms with Crippen LogP contribution in [-0.4, -0.2) is 68.1 Å². The molecule has 0 aromatic heterocycles. The van der Waals surface area contributed by atoms with Gasteiger partial charge in [-0.3, -0.25) is 4.79 Å². The normalized spacial score (nSPS) is 35.0. The number of carbonyl (C=O) groups is 1. The van der Waals surface area contributed by atoms with Crippen molar-refractivity contribution in [2.45, 2.75) is 146 Å². The Balaban J connectivity index is 1.43. The minimum atomic E-state index is -0.150. The number of rotatable bonds is 15. The molecule has 0 N–H and O–H groups in total. The number of unbranched alkanes of at least 4 members (excludes halogenated alkanes) is 1. The lowest BCUT2D eigenvalue weighted by Crippen LogP contribution is -2.33. The average molecular weight is 630 g/mol. The molecule has 3 saturated heterocycles. The molecular formula is C32H53BrO7. The standard InChI is InChI=1S/C32H53BrO7/c1-4-5-11-22(2)26(39-31-14-6-8-18-36-31)17-16-23-24-20-29(25(33)12-10-13-30(34)35-3)38-28(24)21-27(23)40-32-15-7-9-19-37-32/h16-17,22-29,31-32H,4-15,18-21H2,1-3H3/b17-16+/t22-,23+,24+,25?,26+,27+,28+,29?,31?,32?/m0/s1. The van der Waals surface area contributed by atoms with Crippen LogP contribution in [0.5, 0.6) is 0 Å². The minimum absolute atomic E-state index is 0.0284. The highest BCUT2D eigenvalue weighted by Crippen LogP contribution is 2.48. The van der Waals surface area contributed by atoms with Crippen LogP contribution in [0.4, 0.5) is 0 Å². The fourth-order valence-corrected chi connectivity index (χ4v) is 7.44. The molecule has 10 atom stereocenters. The maximum Gasteiger partial charge on any atom is 0.305 e. The Hall–Kier alpha value is -0.510. The predicted octanol–water partition coefficient (Wildman–Crippen LogP) is 7.09. The zero-order valence-corrected chi connectivity index (χ0v) is 26.6. The molecule has 4 unspecified atom stereocenters. The predicted molar refractivity (Wildman–Crippen MR) is 158 cm³/mol. The van der Waals surface area contributed by atoms with Gasteiger partial charge in [0.15, 0.2) is 12.6 Å². The summed E-state index contributed by atoms with van der Waals surface area (Å²) in [5.41, 5.74) is 0. The van der Waals surface area contributed by atoms with Crippen LogP contribution in [0.2, 0.25) is 0 Å². The Morgan fingerprint density at radius 1 is 1.02 bits per heavy atom. The van der Waals surface area contributed by atoms with E-state index in [0.717, 1.165) is 77.4 Å². The summed E-state index contributed by atoms with van der Waals surface area (Å²) in [6, 6.07) is 0. The van der Waals surface area contributed by atoms with Gasteiger partial charge in [0.25, 0.3) is 0 Å². The Morgan fingerprint density at radius 2 is 1.77 bits per heavy atom. The molecule has 3 heterocycles. The van der Waals surface area contributed by atoms with E-state index < -0.39 is 0 Å². The molecule has 0 aromatic rings. The van der Waals surface area contributed by atoms with Crippen molar-refractivity contribution in [3.63, 3.8) is 0 Å². The molecule has 1 aliphatic carbocycles. The number of hydrogen-bond acceptors (Lipinski definition) is 7. The number of hydrogen-bond donors (Lipinski definition) is 0. The molecule has 0 bridgehead atoms. The molecule has 0 amide bonds. The first-order chi connectivity index (χ1) is 19.5. The monoisotopic (exact) mass is 628 g/mol. The number of methoxy groups -OCH3 is 1. The van der Waals surface area contributed by atoms with Crippen LogP contribution in [-0.2, 0) is 33.2 Å². The van der Waals surface area contributed by atoms with Gasteiger partial charge in [-0.15, -0.1) is 0 Å². The Bertz CT molecular complexity index is 766. The van der Waals surface area contributed by atoms with Crippen molar-refractivity contribution < 1.29 is 33.2 Å². The summed E-state index contributed by atoms with van der Waals surface area (Å²) in [6.07, 6.45) is 19.0. The first kappa shape index (κ1) is 32.4. The van der Waals surface area contributed by atoms with E-state index in [9.17, 15) is 4.79 Å². The van der Waals surface area contributed by atoms with E-state index in [1.165, 1.54) is 26.4 Å². The van der Waals surface area contributed by atoms with E-state index in [-0.39, 0.29) is 53.7 Å². The number of ether oxygens (including phenoxy) is 6. The van der Waals surface area contributed by atoms with Crippen molar-refractivity contribution in [1.82, 2.24) is 0 Å². The molecule has 8 heteroatoms.